The normalized spacial score (nSPS) is 16.8. The summed E-state index contributed by atoms with van der Waals surface area (Å²) in [5.41, 5.74) is 8.21. The molecule has 2 rings (SSSR count). The molecule has 4 nitrogen and oxygen atoms in total. The Morgan fingerprint density at radius 2 is 2.04 bits per heavy atom. The van der Waals surface area contributed by atoms with Gasteiger partial charge in [-0.2, -0.15) is 0 Å². The van der Waals surface area contributed by atoms with Crippen molar-refractivity contribution in [3.63, 3.8) is 0 Å². The van der Waals surface area contributed by atoms with E-state index in [9.17, 15) is 4.79 Å². The monoisotopic (exact) mass is 339 g/mol. The van der Waals surface area contributed by atoms with Gasteiger partial charge in [0.1, 0.15) is 0 Å². The van der Waals surface area contributed by atoms with E-state index in [1.165, 1.54) is 11.1 Å². The summed E-state index contributed by atoms with van der Waals surface area (Å²) in [6, 6.07) is 8.67. The van der Waals surface area contributed by atoms with E-state index in [1.807, 2.05) is 13.8 Å². The van der Waals surface area contributed by atoms with Gasteiger partial charge in [-0.1, -0.05) is 37.6 Å². The predicted octanol–water partition coefficient (Wildman–Crippen LogP) is 2.49. The van der Waals surface area contributed by atoms with Crippen molar-refractivity contribution in [2.75, 3.05) is 19.6 Å². The molecule has 5 heteroatoms. The zero-order valence-corrected chi connectivity index (χ0v) is 15.1. The van der Waals surface area contributed by atoms with E-state index < -0.39 is 5.54 Å². The van der Waals surface area contributed by atoms with E-state index in [2.05, 4.69) is 34.5 Å². The van der Waals surface area contributed by atoms with Gasteiger partial charge in [0, 0.05) is 26.2 Å². The second kappa shape index (κ2) is 9.26. The summed E-state index contributed by atoms with van der Waals surface area (Å²) in [6.45, 7) is 7.71. The Balaban J connectivity index is 0.00000264. The zero-order valence-electron chi connectivity index (χ0n) is 14.3. The number of rotatable bonds is 7. The smallest absolute Gasteiger partial charge is 0.239 e. The average molecular weight is 340 g/mol. The summed E-state index contributed by atoms with van der Waals surface area (Å²) in [5, 5.41) is 2.98. The van der Waals surface area contributed by atoms with Crippen LogP contribution in [0.4, 0.5) is 0 Å². The lowest BCUT2D eigenvalue weighted by Crippen LogP contribution is -2.51. The minimum absolute atomic E-state index is 0. The summed E-state index contributed by atoms with van der Waals surface area (Å²) in [4.78, 5) is 14.5. The number of nitrogens with one attached hydrogen (secondary N) is 1. The van der Waals surface area contributed by atoms with Crippen LogP contribution in [0, 0.1) is 0 Å². The molecule has 23 heavy (non-hydrogen) atoms. The maximum atomic E-state index is 12.0. The lowest BCUT2D eigenvalue weighted by Gasteiger charge is -2.29. The number of nitrogens with two attached hydrogens (primary N) is 1. The third-order valence-corrected chi connectivity index (χ3v) is 4.43. The van der Waals surface area contributed by atoms with Crippen LogP contribution in [0.15, 0.2) is 24.3 Å². The Morgan fingerprint density at radius 3 is 2.74 bits per heavy atom. The maximum absolute atomic E-state index is 12.0. The van der Waals surface area contributed by atoms with Gasteiger partial charge in [0.05, 0.1) is 5.54 Å². The molecule has 0 spiro atoms. The number of halogens is 1. The minimum atomic E-state index is -0.737. The van der Waals surface area contributed by atoms with Crippen LogP contribution < -0.4 is 11.1 Å². The van der Waals surface area contributed by atoms with Crippen LogP contribution in [0.3, 0.4) is 0 Å². The average Bonchev–Trinajstić information content (AvgIpc) is 2.51. The first-order valence-corrected chi connectivity index (χ1v) is 8.39. The zero-order chi connectivity index (χ0) is 16.0. The van der Waals surface area contributed by atoms with Gasteiger partial charge >= 0.3 is 0 Å². The van der Waals surface area contributed by atoms with Gasteiger partial charge < -0.3 is 11.1 Å². The summed E-state index contributed by atoms with van der Waals surface area (Å²) >= 11 is 0. The van der Waals surface area contributed by atoms with E-state index in [4.69, 9.17) is 5.73 Å². The SMILES string of the molecule is CCCC(C)(N)C(=O)NCCCN1CCc2ccccc2C1.Cl. The first kappa shape index (κ1) is 19.9. The van der Waals surface area contributed by atoms with Crippen LogP contribution >= 0.6 is 12.4 Å². The molecule has 0 aromatic heterocycles. The third-order valence-electron chi connectivity index (χ3n) is 4.43. The van der Waals surface area contributed by atoms with Crippen LogP contribution in [-0.2, 0) is 17.8 Å². The second-order valence-electron chi connectivity index (χ2n) is 6.57. The molecule has 1 aliphatic rings. The molecule has 0 radical (unpaired) electrons. The third kappa shape index (κ3) is 5.79. The number of fused-ring (bicyclic) bond motifs is 1. The molecule has 1 aliphatic heterocycles. The first-order chi connectivity index (χ1) is 10.5. The first-order valence-electron chi connectivity index (χ1n) is 8.39. The van der Waals surface area contributed by atoms with Gasteiger partial charge in [-0.25, -0.2) is 0 Å². The van der Waals surface area contributed by atoms with Crippen LogP contribution in [-0.4, -0.2) is 36.0 Å². The highest BCUT2D eigenvalue weighted by atomic mass is 35.5. The fraction of sp³-hybridized carbons (Fsp3) is 0.611. The highest BCUT2D eigenvalue weighted by Gasteiger charge is 2.26. The molecule has 0 saturated heterocycles. The number of benzene rings is 1. The van der Waals surface area contributed by atoms with Crippen molar-refractivity contribution in [1.82, 2.24) is 10.2 Å². The van der Waals surface area contributed by atoms with Crippen LogP contribution in [0.25, 0.3) is 0 Å². The van der Waals surface area contributed by atoms with Gasteiger partial charge in [-0.05, 0) is 37.3 Å². The van der Waals surface area contributed by atoms with Crippen molar-refractivity contribution in [2.45, 2.75) is 51.6 Å². The number of hydrogen-bond acceptors (Lipinski definition) is 3. The molecule has 0 fully saturated rings. The van der Waals surface area contributed by atoms with E-state index in [1.54, 1.807) is 0 Å². The highest BCUT2D eigenvalue weighted by Crippen LogP contribution is 2.18. The number of carbonyl (C=O) groups excluding carboxylic acids is 1. The molecule has 1 amide bonds. The Bertz CT molecular complexity index is 505. The van der Waals surface area contributed by atoms with Gasteiger partial charge in [0.15, 0.2) is 0 Å². The topological polar surface area (TPSA) is 58.4 Å². The molecule has 0 aliphatic carbocycles. The van der Waals surface area contributed by atoms with Crippen molar-refractivity contribution >= 4 is 18.3 Å². The van der Waals surface area contributed by atoms with E-state index in [0.29, 0.717) is 6.54 Å². The van der Waals surface area contributed by atoms with E-state index in [-0.39, 0.29) is 18.3 Å². The molecule has 3 N–H and O–H groups in total. The standard InChI is InChI=1S/C18H29N3O.ClH/c1-3-10-18(2,19)17(22)20-11-6-12-21-13-9-15-7-4-5-8-16(15)14-21;/h4-5,7-8H,3,6,9-14,19H2,1-2H3,(H,20,22);1H. The van der Waals surface area contributed by atoms with Gasteiger partial charge in [0.2, 0.25) is 5.91 Å². The lowest BCUT2D eigenvalue weighted by molar-refractivity contribution is -0.126. The Labute approximate surface area is 146 Å². The molecule has 1 heterocycles. The van der Waals surface area contributed by atoms with E-state index in [0.717, 1.165) is 45.3 Å². The Hall–Kier alpha value is -1.10. The summed E-state index contributed by atoms with van der Waals surface area (Å²) in [5.74, 6) is -0.0293. The van der Waals surface area contributed by atoms with Crippen molar-refractivity contribution in [1.29, 1.82) is 0 Å². The highest BCUT2D eigenvalue weighted by molar-refractivity contribution is 5.85. The molecule has 0 bridgehead atoms. The second-order valence-corrected chi connectivity index (χ2v) is 6.57. The molecular formula is C18H30ClN3O. The summed E-state index contributed by atoms with van der Waals surface area (Å²) in [6.07, 6.45) is 3.74. The van der Waals surface area contributed by atoms with Gasteiger partial charge in [-0.3, -0.25) is 9.69 Å². The Kier molecular flexibility index (Phi) is 8.03. The molecule has 1 aromatic carbocycles. The number of hydrogen-bond donors (Lipinski definition) is 2. The van der Waals surface area contributed by atoms with Crippen molar-refractivity contribution in [2.24, 2.45) is 5.73 Å². The fourth-order valence-corrected chi connectivity index (χ4v) is 3.08. The van der Waals surface area contributed by atoms with Crippen LogP contribution in [0.1, 0.15) is 44.2 Å². The van der Waals surface area contributed by atoms with Crippen LogP contribution in [0.5, 0.6) is 0 Å². The van der Waals surface area contributed by atoms with E-state index >= 15 is 0 Å². The molecule has 1 atom stereocenters. The number of amides is 1. The molecular weight excluding hydrogens is 310 g/mol. The van der Waals surface area contributed by atoms with Crippen molar-refractivity contribution < 1.29 is 4.79 Å². The quantitative estimate of drug-likeness (QED) is 0.750. The lowest BCUT2D eigenvalue weighted by atomic mass is 9.96. The molecule has 130 valence electrons. The number of carbonyl (C=O) groups is 1. The summed E-state index contributed by atoms with van der Waals surface area (Å²) < 4.78 is 0. The fourth-order valence-electron chi connectivity index (χ4n) is 3.08. The molecule has 1 unspecified atom stereocenters. The van der Waals surface area contributed by atoms with Crippen molar-refractivity contribution in [3.8, 4) is 0 Å². The predicted molar refractivity (Wildman–Crippen MR) is 97.8 cm³/mol. The molecule has 1 aromatic rings. The Morgan fingerprint density at radius 1 is 1.35 bits per heavy atom. The van der Waals surface area contributed by atoms with Gasteiger partial charge in [0.25, 0.3) is 0 Å². The van der Waals surface area contributed by atoms with Gasteiger partial charge in [-0.15, -0.1) is 12.4 Å². The minimum Gasteiger partial charge on any atom is -0.354 e. The molecule has 0 saturated carbocycles. The number of nitrogens with zero attached hydrogens (tertiary/aromatic N) is 1. The maximum Gasteiger partial charge on any atom is 0.239 e. The summed E-state index contributed by atoms with van der Waals surface area (Å²) in [7, 11) is 0. The van der Waals surface area contributed by atoms with Crippen LogP contribution in [0.2, 0.25) is 0 Å². The van der Waals surface area contributed by atoms with Crippen molar-refractivity contribution in [3.05, 3.63) is 35.4 Å². The largest absolute Gasteiger partial charge is 0.354 e.